The molecule has 3 nitrogen and oxygen atoms in total. The summed E-state index contributed by atoms with van der Waals surface area (Å²) in [5, 5.41) is 0.484. The molecule has 2 aromatic carbocycles. The fraction of sp³-hybridized carbons (Fsp3) is 0.0526. The summed E-state index contributed by atoms with van der Waals surface area (Å²) in [5.41, 5.74) is 1.68. The minimum Gasteiger partial charge on any atom is -0.447 e. The number of rotatable bonds is 4. The number of esters is 1. The number of nitrogens with zero attached hydrogens (tertiary/aromatic N) is 1. The van der Waals surface area contributed by atoms with Gasteiger partial charge < -0.3 is 4.74 Å². The van der Waals surface area contributed by atoms with Gasteiger partial charge in [0, 0.05) is 6.20 Å². The highest BCUT2D eigenvalue weighted by Crippen LogP contribution is 2.30. The van der Waals surface area contributed by atoms with Gasteiger partial charge in [0.15, 0.2) is 6.10 Å². The van der Waals surface area contributed by atoms with Crippen LogP contribution in [0.25, 0.3) is 0 Å². The lowest BCUT2D eigenvalue weighted by molar-refractivity contribution is 0.0371. The zero-order valence-corrected chi connectivity index (χ0v) is 14.0. The Balaban J connectivity index is 1.95. The third-order valence-electron chi connectivity index (χ3n) is 3.46. The molecule has 3 rings (SSSR count). The van der Waals surface area contributed by atoms with Crippen LogP contribution in [-0.4, -0.2) is 11.0 Å². The molecule has 0 aliphatic carbocycles. The highest BCUT2D eigenvalue weighted by molar-refractivity contribution is 6.43. The molecule has 0 aliphatic heterocycles. The zero-order valence-electron chi connectivity index (χ0n) is 12.5. The second-order valence-corrected chi connectivity index (χ2v) is 5.84. The quantitative estimate of drug-likeness (QED) is 0.592. The number of hydrogen-bond donors (Lipinski definition) is 0. The molecule has 1 atom stereocenters. The van der Waals surface area contributed by atoms with E-state index in [1.807, 2.05) is 42.5 Å². The van der Waals surface area contributed by atoms with Crippen molar-refractivity contribution in [2.45, 2.75) is 6.10 Å². The second-order valence-electron chi connectivity index (χ2n) is 5.05. The Bertz CT molecular complexity index is 799. The van der Waals surface area contributed by atoms with Crippen molar-refractivity contribution in [1.29, 1.82) is 0 Å². The maximum atomic E-state index is 12.6. The third-order valence-corrected chi connectivity index (χ3v) is 4.27. The van der Waals surface area contributed by atoms with Crippen LogP contribution < -0.4 is 0 Å². The molecule has 1 heterocycles. The van der Waals surface area contributed by atoms with Crippen molar-refractivity contribution in [3.8, 4) is 0 Å². The maximum Gasteiger partial charge on any atom is 0.340 e. The molecule has 24 heavy (non-hydrogen) atoms. The first-order chi connectivity index (χ1) is 11.7. The minimum absolute atomic E-state index is 0.178. The SMILES string of the molecule is O=C(OC(c1ccccc1)c1ccccn1)c1cccc(Cl)c1Cl. The zero-order chi connectivity index (χ0) is 16.9. The summed E-state index contributed by atoms with van der Waals surface area (Å²) in [6, 6.07) is 19.7. The molecule has 0 radical (unpaired) electrons. The molecule has 3 aromatic rings. The number of aromatic nitrogens is 1. The molecule has 0 saturated heterocycles. The lowest BCUT2D eigenvalue weighted by Gasteiger charge is -2.18. The summed E-state index contributed by atoms with van der Waals surface area (Å²) in [6.07, 6.45) is 1.03. The molecular formula is C19H13Cl2NO2. The van der Waals surface area contributed by atoms with E-state index in [0.717, 1.165) is 5.56 Å². The number of benzene rings is 2. The van der Waals surface area contributed by atoms with Gasteiger partial charge >= 0.3 is 5.97 Å². The Hall–Kier alpha value is -2.36. The van der Waals surface area contributed by atoms with Crippen molar-refractivity contribution in [1.82, 2.24) is 4.98 Å². The number of hydrogen-bond acceptors (Lipinski definition) is 3. The molecule has 0 spiro atoms. The van der Waals surface area contributed by atoms with E-state index >= 15 is 0 Å². The lowest BCUT2D eigenvalue weighted by Crippen LogP contribution is -2.14. The third kappa shape index (κ3) is 3.58. The smallest absolute Gasteiger partial charge is 0.340 e. The van der Waals surface area contributed by atoms with Crippen LogP contribution >= 0.6 is 23.2 Å². The fourth-order valence-electron chi connectivity index (χ4n) is 2.29. The average Bonchev–Trinajstić information content (AvgIpc) is 2.63. The standard InChI is InChI=1S/C19H13Cl2NO2/c20-15-10-6-9-14(17(15)21)19(23)24-18(13-7-2-1-3-8-13)16-11-4-5-12-22-16/h1-12,18H. The first-order valence-electron chi connectivity index (χ1n) is 7.27. The molecule has 0 amide bonds. The largest absolute Gasteiger partial charge is 0.447 e. The van der Waals surface area contributed by atoms with Crippen molar-refractivity contribution in [2.75, 3.05) is 0 Å². The second kappa shape index (κ2) is 7.47. The van der Waals surface area contributed by atoms with E-state index in [-0.39, 0.29) is 10.6 Å². The van der Waals surface area contributed by atoms with Gasteiger partial charge in [-0.25, -0.2) is 4.79 Å². The van der Waals surface area contributed by atoms with Gasteiger partial charge in [-0.15, -0.1) is 0 Å². The van der Waals surface area contributed by atoms with E-state index in [0.29, 0.717) is 10.7 Å². The minimum atomic E-state index is -0.630. The molecule has 0 fully saturated rings. The van der Waals surface area contributed by atoms with Crippen molar-refractivity contribution >= 4 is 29.2 Å². The predicted octanol–water partition coefficient (Wildman–Crippen LogP) is 5.33. The number of carbonyl (C=O) groups excluding carboxylic acids is 1. The van der Waals surface area contributed by atoms with E-state index in [4.69, 9.17) is 27.9 Å². The van der Waals surface area contributed by atoms with Crippen LogP contribution in [0.4, 0.5) is 0 Å². The van der Waals surface area contributed by atoms with E-state index in [1.165, 1.54) is 0 Å². The van der Waals surface area contributed by atoms with Crippen LogP contribution in [0.5, 0.6) is 0 Å². The molecule has 5 heteroatoms. The van der Waals surface area contributed by atoms with Gasteiger partial charge in [0.2, 0.25) is 0 Å². The summed E-state index contributed by atoms with van der Waals surface area (Å²) in [6.45, 7) is 0. The van der Waals surface area contributed by atoms with Gasteiger partial charge in [-0.3, -0.25) is 4.98 Å². The van der Waals surface area contributed by atoms with Crippen LogP contribution in [-0.2, 0) is 4.74 Å². The van der Waals surface area contributed by atoms with Crippen LogP contribution in [0.3, 0.4) is 0 Å². The predicted molar refractivity (Wildman–Crippen MR) is 94.4 cm³/mol. The number of halogens is 2. The van der Waals surface area contributed by atoms with Gasteiger partial charge in [-0.2, -0.15) is 0 Å². The number of carbonyl (C=O) groups is 1. The Kier molecular flexibility index (Phi) is 5.14. The first-order valence-corrected chi connectivity index (χ1v) is 8.03. The van der Waals surface area contributed by atoms with Crippen LogP contribution in [0.15, 0.2) is 72.9 Å². The molecule has 0 saturated carbocycles. The van der Waals surface area contributed by atoms with Crippen molar-refractivity contribution in [3.63, 3.8) is 0 Å². The maximum absolute atomic E-state index is 12.6. The average molecular weight is 358 g/mol. The summed E-state index contributed by atoms with van der Waals surface area (Å²) in [5.74, 6) is -0.554. The monoisotopic (exact) mass is 357 g/mol. The number of pyridine rings is 1. The molecule has 0 bridgehead atoms. The van der Waals surface area contributed by atoms with Gasteiger partial charge in [-0.1, -0.05) is 65.7 Å². The summed E-state index contributed by atoms with van der Waals surface area (Å²) < 4.78 is 5.70. The van der Waals surface area contributed by atoms with E-state index < -0.39 is 12.1 Å². The Labute approximate surface area is 149 Å². The molecular weight excluding hydrogens is 345 g/mol. The summed E-state index contributed by atoms with van der Waals surface area (Å²) in [4.78, 5) is 16.9. The fourth-order valence-corrected chi connectivity index (χ4v) is 2.67. The van der Waals surface area contributed by atoms with Gasteiger partial charge in [0.05, 0.1) is 21.3 Å². The van der Waals surface area contributed by atoms with Gasteiger partial charge in [-0.05, 0) is 29.8 Å². The van der Waals surface area contributed by atoms with E-state index in [1.54, 1.807) is 30.5 Å². The van der Waals surface area contributed by atoms with Crippen LogP contribution in [0.2, 0.25) is 10.0 Å². The Morgan fingerprint density at radius 3 is 2.38 bits per heavy atom. The summed E-state index contributed by atoms with van der Waals surface area (Å²) in [7, 11) is 0. The van der Waals surface area contributed by atoms with Crippen molar-refractivity contribution < 1.29 is 9.53 Å². The van der Waals surface area contributed by atoms with Crippen molar-refractivity contribution in [2.24, 2.45) is 0 Å². The van der Waals surface area contributed by atoms with Crippen molar-refractivity contribution in [3.05, 3.63) is 99.8 Å². The first kappa shape index (κ1) is 16.5. The highest BCUT2D eigenvalue weighted by Gasteiger charge is 2.23. The highest BCUT2D eigenvalue weighted by atomic mass is 35.5. The van der Waals surface area contributed by atoms with Crippen LogP contribution in [0, 0.1) is 0 Å². The summed E-state index contributed by atoms with van der Waals surface area (Å²) >= 11 is 12.1. The van der Waals surface area contributed by atoms with Gasteiger partial charge in [0.25, 0.3) is 0 Å². The molecule has 1 unspecified atom stereocenters. The van der Waals surface area contributed by atoms with E-state index in [2.05, 4.69) is 4.98 Å². The van der Waals surface area contributed by atoms with E-state index in [9.17, 15) is 4.79 Å². The Morgan fingerprint density at radius 2 is 1.67 bits per heavy atom. The number of ether oxygens (including phenoxy) is 1. The molecule has 0 aliphatic rings. The molecule has 0 N–H and O–H groups in total. The van der Waals surface area contributed by atoms with Crippen LogP contribution in [0.1, 0.15) is 27.7 Å². The van der Waals surface area contributed by atoms with Gasteiger partial charge in [0.1, 0.15) is 0 Å². The normalized spacial score (nSPS) is 11.8. The molecule has 120 valence electrons. The molecule has 1 aromatic heterocycles. The topological polar surface area (TPSA) is 39.2 Å². The Morgan fingerprint density at radius 1 is 0.917 bits per heavy atom. The lowest BCUT2D eigenvalue weighted by atomic mass is 10.1.